The Hall–Kier alpha value is -4.55. The fourth-order valence-electron chi connectivity index (χ4n) is 4.29. The number of hydrogen-bond donors (Lipinski definition) is 2. The van der Waals surface area contributed by atoms with E-state index in [1.165, 1.54) is 0 Å². The standard InChI is InChI=1S/C31H27NO5/c32-18-21-7-6-9-23(13-21)28-15-22(19-36-29-12-5-4-8-24(29)17-30(33)34)14-25-16-27(37-31(25)28)20-35-26-10-2-1-3-11-26/h1-16H,17-20,32H2,(H,33,34). The summed E-state index contributed by atoms with van der Waals surface area (Å²) in [6.45, 7) is 1.01. The minimum Gasteiger partial charge on any atom is -0.489 e. The van der Waals surface area contributed by atoms with Crippen LogP contribution in [-0.2, 0) is 31.0 Å². The highest BCUT2D eigenvalue weighted by Crippen LogP contribution is 2.34. The van der Waals surface area contributed by atoms with E-state index in [1.807, 2.05) is 78.9 Å². The van der Waals surface area contributed by atoms with Gasteiger partial charge >= 0.3 is 5.97 Å². The Balaban J connectivity index is 1.48. The first-order valence-electron chi connectivity index (χ1n) is 12.0. The maximum atomic E-state index is 11.3. The van der Waals surface area contributed by atoms with Gasteiger partial charge < -0.3 is 24.7 Å². The third-order valence-electron chi connectivity index (χ3n) is 6.03. The zero-order valence-corrected chi connectivity index (χ0v) is 20.2. The van der Waals surface area contributed by atoms with E-state index in [4.69, 9.17) is 19.6 Å². The molecular weight excluding hydrogens is 466 g/mol. The van der Waals surface area contributed by atoms with Crippen LogP contribution < -0.4 is 15.2 Å². The summed E-state index contributed by atoms with van der Waals surface area (Å²) in [7, 11) is 0. The van der Waals surface area contributed by atoms with E-state index in [-0.39, 0.29) is 13.0 Å². The predicted octanol–water partition coefficient (Wildman–Crippen LogP) is 6.34. The number of carboxylic acid groups (broad SMARTS) is 1. The van der Waals surface area contributed by atoms with Crippen molar-refractivity contribution in [1.29, 1.82) is 0 Å². The average molecular weight is 494 g/mol. The van der Waals surface area contributed by atoms with Gasteiger partial charge in [0, 0.05) is 23.1 Å². The molecule has 0 aliphatic heterocycles. The molecule has 186 valence electrons. The molecule has 0 spiro atoms. The monoisotopic (exact) mass is 493 g/mol. The lowest BCUT2D eigenvalue weighted by Gasteiger charge is -2.12. The summed E-state index contributed by atoms with van der Waals surface area (Å²) >= 11 is 0. The van der Waals surface area contributed by atoms with Gasteiger partial charge in [0.15, 0.2) is 0 Å². The van der Waals surface area contributed by atoms with Gasteiger partial charge in [0.2, 0.25) is 0 Å². The van der Waals surface area contributed by atoms with Crippen LogP contribution in [0.25, 0.3) is 22.1 Å². The summed E-state index contributed by atoms with van der Waals surface area (Å²) in [6.07, 6.45) is -0.0984. The Morgan fingerprint density at radius 1 is 0.811 bits per heavy atom. The summed E-state index contributed by atoms with van der Waals surface area (Å²) < 4.78 is 18.3. The van der Waals surface area contributed by atoms with E-state index in [0.717, 1.165) is 39.0 Å². The van der Waals surface area contributed by atoms with Gasteiger partial charge in [0.25, 0.3) is 0 Å². The number of hydrogen-bond acceptors (Lipinski definition) is 5. The van der Waals surface area contributed by atoms with Gasteiger partial charge in [0.05, 0.1) is 6.42 Å². The van der Waals surface area contributed by atoms with Crippen LogP contribution in [0.2, 0.25) is 0 Å². The van der Waals surface area contributed by atoms with Gasteiger partial charge in [-0.1, -0.05) is 54.6 Å². The van der Waals surface area contributed by atoms with Crippen molar-refractivity contribution >= 4 is 16.9 Å². The zero-order valence-electron chi connectivity index (χ0n) is 20.2. The molecular formula is C31H27NO5. The van der Waals surface area contributed by atoms with E-state index in [9.17, 15) is 9.90 Å². The number of carbonyl (C=O) groups is 1. The summed E-state index contributed by atoms with van der Waals surface area (Å²) in [5.41, 5.74) is 11.2. The van der Waals surface area contributed by atoms with Gasteiger partial charge in [-0.05, 0) is 59.2 Å². The number of rotatable bonds is 10. The third-order valence-corrected chi connectivity index (χ3v) is 6.03. The molecule has 6 heteroatoms. The number of furan rings is 1. The largest absolute Gasteiger partial charge is 0.489 e. The van der Waals surface area contributed by atoms with Crippen LogP contribution in [0.4, 0.5) is 0 Å². The number of benzene rings is 4. The van der Waals surface area contributed by atoms with Crippen LogP contribution in [0, 0.1) is 0 Å². The molecule has 0 atom stereocenters. The van der Waals surface area contributed by atoms with E-state index in [0.29, 0.717) is 30.2 Å². The Morgan fingerprint density at radius 2 is 1.62 bits per heavy atom. The zero-order chi connectivity index (χ0) is 25.6. The van der Waals surface area contributed by atoms with Crippen molar-refractivity contribution in [2.45, 2.75) is 26.2 Å². The third kappa shape index (κ3) is 5.82. The lowest BCUT2D eigenvalue weighted by Crippen LogP contribution is -2.04. The molecule has 0 fully saturated rings. The first kappa shape index (κ1) is 24.2. The fraction of sp³-hybridized carbons (Fsp3) is 0.129. The molecule has 5 rings (SSSR count). The lowest BCUT2D eigenvalue weighted by molar-refractivity contribution is -0.136. The Kier molecular flexibility index (Phi) is 7.19. The predicted molar refractivity (Wildman–Crippen MR) is 142 cm³/mol. The van der Waals surface area contributed by atoms with Crippen molar-refractivity contribution in [3.63, 3.8) is 0 Å². The molecule has 0 aliphatic carbocycles. The molecule has 0 amide bonds. The van der Waals surface area contributed by atoms with Crippen LogP contribution in [0.15, 0.2) is 101 Å². The van der Waals surface area contributed by atoms with Crippen molar-refractivity contribution in [3.8, 4) is 22.6 Å². The molecule has 5 aromatic rings. The minimum atomic E-state index is -0.900. The summed E-state index contributed by atoms with van der Waals surface area (Å²) in [6, 6.07) is 30.9. The summed E-state index contributed by atoms with van der Waals surface area (Å²) in [4.78, 5) is 11.3. The molecule has 0 unspecified atom stereocenters. The number of fused-ring (bicyclic) bond motifs is 1. The maximum absolute atomic E-state index is 11.3. The Bertz CT molecular complexity index is 1520. The summed E-state index contributed by atoms with van der Waals surface area (Å²) in [5, 5.41) is 10.2. The van der Waals surface area contributed by atoms with Gasteiger partial charge in [-0.2, -0.15) is 0 Å². The number of carboxylic acids is 1. The van der Waals surface area contributed by atoms with E-state index in [2.05, 4.69) is 6.07 Å². The highest BCUT2D eigenvalue weighted by atomic mass is 16.5. The second-order valence-corrected chi connectivity index (χ2v) is 8.75. The van der Waals surface area contributed by atoms with Crippen molar-refractivity contribution in [2.75, 3.05) is 0 Å². The Labute approximate surface area is 214 Å². The van der Waals surface area contributed by atoms with Crippen molar-refractivity contribution < 1.29 is 23.8 Å². The number of para-hydroxylation sites is 2. The number of aliphatic carboxylic acids is 1. The molecule has 0 bridgehead atoms. The molecule has 3 N–H and O–H groups in total. The van der Waals surface area contributed by atoms with Crippen LogP contribution >= 0.6 is 0 Å². The molecule has 0 radical (unpaired) electrons. The fourth-order valence-corrected chi connectivity index (χ4v) is 4.29. The molecule has 0 saturated heterocycles. The van der Waals surface area contributed by atoms with Crippen LogP contribution in [0.3, 0.4) is 0 Å². The number of ether oxygens (including phenoxy) is 2. The highest BCUT2D eigenvalue weighted by Gasteiger charge is 2.15. The normalized spacial score (nSPS) is 10.9. The molecule has 37 heavy (non-hydrogen) atoms. The maximum Gasteiger partial charge on any atom is 0.307 e. The molecule has 6 nitrogen and oxygen atoms in total. The first-order valence-corrected chi connectivity index (χ1v) is 12.0. The average Bonchev–Trinajstić information content (AvgIpc) is 3.34. The van der Waals surface area contributed by atoms with E-state index < -0.39 is 5.97 Å². The second-order valence-electron chi connectivity index (χ2n) is 8.75. The SMILES string of the molecule is NCc1cccc(-c2cc(COc3ccccc3CC(=O)O)cc3cc(COc4ccccc4)oc23)c1. The van der Waals surface area contributed by atoms with Crippen LogP contribution in [-0.4, -0.2) is 11.1 Å². The van der Waals surface area contributed by atoms with Gasteiger partial charge in [-0.25, -0.2) is 0 Å². The second kappa shape index (κ2) is 11.0. The van der Waals surface area contributed by atoms with E-state index in [1.54, 1.807) is 12.1 Å². The lowest BCUT2D eigenvalue weighted by atomic mass is 9.99. The van der Waals surface area contributed by atoms with Gasteiger partial charge in [-0.15, -0.1) is 0 Å². The van der Waals surface area contributed by atoms with Crippen LogP contribution in [0.5, 0.6) is 11.5 Å². The molecule has 4 aromatic carbocycles. The molecule has 0 saturated carbocycles. The molecule has 1 aromatic heterocycles. The van der Waals surface area contributed by atoms with Gasteiger partial charge in [0.1, 0.15) is 36.1 Å². The first-order chi connectivity index (χ1) is 18.1. The van der Waals surface area contributed by atoms with Crippen LogP contribution in [0.1, 0.15) is 22.5 Å². The smallest absolute Gasteiger partial charge is 0.307 e. The van der Waals surface area contributed by atoms with Crippen molar-refractivity contribution in [2.24, 2.45) is 5.73 Å². The molecule has 1 heterocycles. The van der Waals surface area contributed by atoms with Crippen molar-refractivity contribution in [3.05, 3.63) is 120 Å². The van der Waals surface area contributed by atoms with E-state index >= 15 is 0 Å². The highest BCUT2D eigenvalue weighted by molar-refractivity contribution is 5.93. The minimum absolute atomic E-state index is 0.0984. The van der Waals surface area contributed by atoms with Gasteiger partial charge in [-0.3, -0.25) is 4.79 Å². The van der Waals surface area contributed by atoms with Crippen molar-refractivity contribution in [1.82, 2.24) is 0 Å². The number of nitrogens with two attached hydrogens (primary N) is 1. The summed E-state index contributed by atoms with van der Waals surface area (Å²) in [5.74, 6) is 1.14. The topological polar surface area (TPSA) is 94.9 Å². The quantitative estimate of drug-likeness (QED) is 0.236. The Morgan fingerprint density at radius 3 is 2.43 bits per heavy atom. The molecule has 0 aliphatic rings.